The Balaban J connectivity index is 1.89. The second-order valence-corrected chi connectivity index (χ2v) is 6.82. The quantitative estimate of drug-likeness (QED) is 0.906. The lowest BCUT2D eigenvalue weighted by atomic mass is 9.88. The highest BCUT2D eigenvalue weighted by Gasteiger charge is 2.34. The number of hydrogen-bond acceptors (Lipinski definition) is 2. The molecule has 4 heteroatoms. The van der Waals surface area contributed by atoms with E-state index < -0.39 is 0 Å². The fourth-order valence-electron chi connectivity index (χ4n) is 3.10. The van der Waals surface area contributed by atoms with Crippen LogP contribution in [0.1, 0.15) is 54.7 Å². The normalized spacial score (nSPS) is 18.4. The second-order valence-electron chi connectivity index (χ2n) is 6.82. The third-order valence-corrected chi connectivity index (χ3v) is 4.35. The Morgan fingerprint density at radius 2 is 1.96 bits per heavy atom. The number of rotatable bonds is 3. The SMILES string of the molecule is CCc1ccc2c(c1)[C@@H](NC(=O)c1ccc(F)cc1)CC(C)(C)O2. The van der Waals surface area contributed by atoms with Crippen molar-refractivity contribution in [2.24, 2.45) is 0 Å². The topological polar surface area (TPSA) is 38.3 Å². The molecule has 1 aliphatic rings. The van der Waals surface area contributed by atoms with Gasteiger partial charge >= 0.3 is 0 Å². The summed E-state index contributed by atoms with van der Waals surface area (Å²) in [6.45, 7) is 6.13. The maximum absolute atomic E-state index is 13.0. The van der Waals surface area contributed by atoms with Gasteiger partial charge in [0, 0.05) is 17.5 Å². The number of aryl methyl sites for hydroxylation is 1. The monoisotopic (exact) mass is 327 g/mol. The van der Waals surface area contributed by atoms with E-state index in [1.807, 2.05) is 19.9 Å². The molecule has 126 valence electrons. The molecule has 1 heterocycles. The first-order chi connectivity index (χ1) is 11.4. The Hall–Kier alpha value is -2.36. The first-order valence-electron chi connectivity index (χ1n) is 8.26. The van der Waals surface area contributed by atoms with Crippen LogP contribution in [-0.4, -0.2) is 11.5 Å². The Labute approximate surface area is 141 Å². The summed E-state index contributed by atoms with van der Waals surface area (Å²) in [4.78, 5) is 12.5. The van der Waals surface area contributed by atoms with Gasteiger partial charge in [-0.3, -0.25) is 4.79 Å². The summed E-state index contributed by atoms with van der Waals surface area (Å²) in [5.74, 6) is 0.259. The van der Waals surface area contributed by atoms with Crippen LogP contribution in [0.3, 0.4) is 0 Å². The molecule has 1 aliphatic heterocycles. The number of hydrogen-bond donors (Lipinski definition) is 1. The third kappa shape index (κ3) is 3.42. The van der Waals surface area contributed by atoms with E-state index in [-0.39, 0.29) is 23.4 Å². The van der Waals surface area contributed by atoms with Gasteiger partial charge in [-0.2, -0.15) is 0 Å². The van der Waals surface area contributed by atoms with Crippen LogP contribution >= 0.6 is 0 Å². The summed E-state index contributed by atoms with van der Waals surface area (Å²) >= 11 is 0. The lowest BCUT2D eigenvalue weighted by Gasteiger charge is -2.38. The third-order valence-electron chi connectivity index (χ3n) is 4.35. The van der Waals surface area contributed by atoms with E-state index in [9.17, 15) is 9.18 Å². The van der Waals surface area contributed by atoms with E-state index in [1.165, 1.54) is 29.8 Å². The molecule has 0 aromatic heterocycles. The largest absolute Gasteiger partial charge is 0.487 e. The fourth-order valence-corrected chi connectivity index (χ4v) is 3.10. The summed E-state index contributed by atoms with van der Waals surface area (Å²) in [6.07, 6.45) is 1.61. The second kappa shape index (κ2) is 6.27. The van der Waals surface area contributed by atoms with Gasteiger partial charge in [-0.1, -0.05) is 19.1 Å². The van der Waals surface area contributed by atoms with Gasteiger partial charge < -0.3 is 10.1 Å². The standard InChI is InChI=1S/C20H22FNO2/c1-4-13-5-10-18-16(11-13)17(12-20(2,3)24-18)22-19(23)14-6-8-15(21)9-7-14/h5-11,17H,4,12H2,1-3H3,(H,22,23)/t17-/m0/s1. The number of carbonyl (C=O) groups excluding carboxylic acids is 1. The van der Waals surface area contributed by atoms with Crippen LogP contribution in [0.15, 0.2) is 42.5 Å². The van der Waals surface area contributed by atoms with Crippen molar-refractivity contribution in [2.75, 3.05) is 0 Å². The zero-order valence-corrected chi connectivity index (χ0v) is 14.2. The molecule has 2 aromatic carbocycles. The van der Waals surface area contributed by atoms with E-state index in [2.05, 4.69) is 24.4 Å². The maximum Gasteiger partial charge on any atom is 0.251 e. The number of halogens is 1. The van der Waals surface area contributed by atoms with Crippen molar-refractivity contribution in [3.05, 3.63) is 65.0 Å². The van der Waals surface area contributed by atoms with Crippen LogP contribution in [0.25, 0.3) is 0 Å². The molecule has 0 aliphatic carbocycles. The molecule has 0 bridgehead atoms. The number of benzene rings is 2. The summed E-state index contributed by atoms with van der Waals surface area (Å²) in [5, 5.41) is 3.08. The van der Waals surface area contributed by atoms with Crippen molar-refractivity contribution in [2.45, 2.75) is 45.3 Å². The molecular weight excluding hydrogens is 305 g/mol. The number of fused-ring (bicyclic) bond motifs is 1. The molecule has 0 radical (unpaired) electrons. The Bertz CT molecular complexity index is 753. The fraction of sp³-hybridized carbons (Fsp3) is 0.350. The smallest absolute Gasteiger partial charge is 0.251 e. The van der Waals surface area contributed by atoms with Gasteiger partial charge in [0.05, 0.1) is 6.04 Å². The number of amides is 1. The highest BCUT2D eigenvalue weighted by Crippen LogP contribution is 2.40. The average Bonchev–Trinajstić information content (AvgIpc) is 2.54. The van der Waals surface area contributed by atoms with Gasteiger partial charge in [-0.25, -0.2) is 4.39 Å². The lowest BCUT2D eigenvalue weighted by molar-refractivity contribution is 0.0619. The number of carbonyl (C=O) groups is 1. The molecule has 0 saturated carbocycles. The Morgan fingerprint density at radius 3 is 2.62 bits per heavy atom. The van der Waals surface area contributed by atoms with Crippen molar-refractivity contribution in [1.82, 2.24) is 5.32 Å². The Kier molecular flexibility index (Phi) is 4.31. The zero-order valence-electron chi connectivity index (χ0n) is 14.2. The molecule has 24 heavy (non-hydrogen) atoms. The van der Waals surface area contributed by atoms with Crippen molar-refractivity contribution in [3.8, 4) is 5.75 Å². The summed E-state index contributed by atoms with van der Waals surface area (Å²) in [5.41, 5.74) is 2.30. The highest BCUT2D eigenvalue weighted by molar-refractivity contribution is 5.94. The van der Waals surface area contributed by atoms with Gasteiger partial charge in [-0.05, 0) is 56.2 Å². The van der Waals surface area contributed by atoms with Crippen LogP contribution in [0.2, 0.25) is 0 Å². The van der Waals surface area contributed by atoms with Gasteiger partial charge in [0.2, 0.25) is 0 Å². The van der Waals surface area contributed by atoms with Crippen molar-refractivity contribution in [3.63, 3.8) is 0 Å². The molecule has 0 fully saturated rings. The van der Waals surface area contributed by atoms with Crippen LogP contribution in [0, 0.1) is 5.82 Å². The average molecular weight is 327 g/mol. The lowest BCUT2D eigenvalue weighted by Crippen LogP contribution is -2.41. The van der Waals surface area contributed by atoms with Crippen LogP contribution in [-0.2, 0) is 6.42 Å². The van der Waals surface area contributed by atoms with Crippen molar-refractivity contribution < 1.29 is 13.9 Å². The van der Waals surface area contributed by atoms with Gasteiger partial charge in [0.15, 0.2) is 0 Å². The number of nitrogens with one attached hydrogen (secondary N) is 1. The predicted molar refractivity (Wildman–Crippen MR) is 91.8 cm³/mol. The van der Waals surface area contributed by atoms with Crippen molar-refractivity contribution in [1.29, 1.82) is 0 Å². The van der Waals surface area contributed by atoms with E-state index >= 15 is 0 Å². The van der Waals surface area contributed by atoms with E-state index in [0.717, 1.165) is 17.7 Å². The van der Waals surface area contributed by atoms with E-state index in [4.69, 9.17) is 4.74 Å². The molecular formula is C20H22FNO2. The van der Waals surface area contributed by atoms with Crippen LogP contribution in [0.4, 0.5) is 4.39 Å². The van der Waals surface area contributed by atoms with Crippen LogP contribution < -0.4 is 10.1 Å². The molecule has 3 rings (SSSR count). The zero-order chi connectivity index (χ0) is 17.3. The van der Waals surface area contributed by atoms with Gasteiger partial charge in [-0.15, -0.1) is 0 Å². The highest BCUT2D eigenvalue weighted by atomic mass is 19.1. The van der Waals surface area contributed by atoms with E-state index in [0.29, 0.717) is 12.0 Å². The summed E-state index contributed by atoms with van der Waals surface area (Å²) in [6, 6.07) is 11.6. The molecule has 0 saturated heterocycles. The molecule has 1 amide bonds. The molecule has 0 unspecified atom stereocenters. The molecule has 3 nitrogen and oxygen atoms in total. The summed E-state index contributed by atoms with van der Waals surface area (Å²) < 4.78 is 19.1. The first-order valence-corrected chi connectivity index (χ1v) is 8.26. The minimum absolute atomic E-state index is 0.132. The van der Waals surface area contributed by atoms with Gasteiger partial charge in [0.1, 0.15) is 17.2 Å². The minimum Gasteiger partial charge on any atom is -0.487 e. The summed E-state index contributed by atoms with van der Waals surface area (Å²) in [7, 11) is 0. The molecule has 1 atom stereocenters. The van der Waals surface area contributed by atoms with E-state index in [1.54, 1.807) is 0 Å². The first kappa shape index (κ1) is 16.5. The van der Waals surface area contributed by atoms with Gasteiger partial charge in [0.25, 0.3) is 5.91 Å². The van der Waals surface area contributed by atoms with Crippen molar-refractivity contribution >= 4 is 5.91 Å². The Morgan fingerprint density at radius 1 is 1.25 bits per heavy atom. The predicted octanol–water partition coefficient (Wildman–Crippen LogP) is 4.42. The number of ether oxygens (including phenoxy) is 1. The van der Waals surface area contributed by atoms with Crippen LogP contribution in [0.5, 0.6) is 5.75 Å². The minimum atomic E-state index is -0.360. The molecule has 1 N–H and O–H groups in total. The molecule has 0 spiro atoms. The molecule has 2 aromatic rings. The maximum atomic E-state index is 13.0.